The summed E-state index contributed by atoms with van der Waals surface area (Å²) in [5, 5.41) is 7.61. The lowest BCUT2D eigenvalue weighted by molar-refractivity contribution is 0.242. The van der Waals surface area contributed by atoms with Gasteiger partial charge in [-0.3, -0.25) is 0 Å². The van der Waals surface area contributed by atoms with E-state index in [2.05, 4.69) is 10.6 Å². The molecule has 2 N–H and O–H groups in total. The summed E-state index contributed by atoms with van der Waals surface area (Å²) < 4.78 is 5.66. The molecule has 0 fully saturated rings. The minimum absolute atomic E-state index is 0.144. The number of ether oxygens (including phenoxy) is 1. The number of hydrogen-bond acceptors (Lipinski definition) is 2. The minimum Gasteiger partial charge on any atom is -0.491 e. The van der Waals surface area contributed by atoms with Crippen LogP contribution in [0.4, 0.5) is 5.69 Å². The highest BCUT2D eigenvalue weighted by atomic mass is 35.5. The Morgan fingerprint density at radius 1 is 1.18 bits per heavy atom. The summed E-state index contributed by atoms with van der Waals surface area (Å²) in [7, 11) is 0. The van der Waals surface area contributed by atoms with Gasteiger partial charge >= 0.3 is 0 Å². The van der Waals surface area contributed by atoms with E-state index < -0.39 is 0 Å². The van der Waals surface area contributed by atoms with Gasteiger partial charge in [-0.25, -0.2) is 0 Å². The summed E-state index contributed by atoms with van der Waals surface area (Å²) in [6.07, 6.45) is 0.144. The predicted molar refractivity (Wildman–Crippen MR) is 96.7 cm³/mol. The number of hydrogen-bond donors (Lipinski definition) is 2. The van der Waals surface area contributed by atoms with Crippen molar-refractivity contribution >= 4 is 34.6 Å². The molecule has 5 heteroatoms. The van der Waals surface area contributed by atoms with Gasteiger partial charge in [0.1, 0.15) is 5.75 Å². The fraction of sp³-hybridized carbons (Fsp3) is 0.235. The summed E-state index contributed by atoms with van der Waals surface area (Å²) in [6.45, 7) is 4.64. The Balaban J connectivity index is 1.87. The highest BCUT2D eigenvalue weighted by Gasteiger charge is 2.02. The summed E-state index contributed by atoms with van der Waals surface area (Å²) in [5.41, 5.74) is 2.01. The van der Waals surface area contributed by atoms with Crippen molar-refractivity contribution < 1.29 is 4.74 Å². The summed E-state index contributed by atoms with van der Waals surface area (Å²) in [6, 6.07) is 15.4. The van der Waals surface area contributed by atoms with Crippen LogP contribution in [0.1, 0.15) is 19.4 Å². The molecule has 0 atom stereocenters. The van der Waals surface area contributed by atoms with E-state index in [-0.39, 0.29) is 6.10 Å². The molecule has 22 heavy (non-hydrogen) atoms. The van der Waals surface area contributed by atoms with E-state index in [0.717, 1.165) is 22.0 Å². The average molecular weight is 335 g/mol. The fourth-order valence-electron chi connectivity index (χ4n) is 1.88. The topological polar surface area (TPSA) is 33.3 Å². The normalized spacial score (nSPS) is 10.4. The summed E-state index contributed by atoms with van der Waals surface area (Å²) in [4.78, 5) is 0. The smallest absolute Gasteiger partial charge is 0.171 e. The van der Waals surface area contributed by atoms with Crippen molar-refractivity contribution in [2.24, 2.45) is 0 Å². The average Bonchev–Trinajstić information content (AvgIpc) is 2.46. The van der Waals surface area contributed by atoms with Crippen molar-refractivity contribution in [2.45, 2.75) is 26.5 Å². The Morgan fingerprint density at radius 3 is 2.59 bits per heavy atom. The zero-order chi connectivity index (χ0) is 15.9. The quantitative estimate of drug-likeness (QED) is 0.782. The molecule has 0 saturated heterocycles. The Morgan fingerprint density at radius 2 is 1.91 bits per heavy atom. The monoisotopic (exact) mass is 334 g/mol. The SMILES string of the molecule is CC(C)Oc1cccc(NC(=S)NCc2ccc(Cl)cc2)c1. The second kappa shape index (κ2) is 8.01. The van der Waals surface area contributed by atoms with Crippen molar-refractivity contribution in [3.8, 4) is 5.75 Å². The molecule has 0 aromatic heterocycles. The zero-order valence-corrected chi connectivity index (χ0v) is 14.2. The van der Waals surface area contributed by atoms with Crippen LogP contribution in [0.15, 0.2) is 48.5 Å². The molecule has 0 spiro atoms. The minimum atomic E-state index is 0.144. The molecule has 2 aromatic carbocycles. The van der Waals surface area contributed by atoms with Crippen LogP contribution in [0, 0.1) is 0 Å². The number of benzene rings is 2. The third kappa shape index (κ3) is 5.54. The highest BCUT2D eigenvalue weighted by molar-refractivity contribution is 7.80. The molecule has 0 heterocycles. The molecule has 0 aliphatic rings. The summed E-state index contributed by atoms with van der Waals surface area (Å²) in [5.74, 6) is 0.820. The number of nitrogens with one attached hydrogen (secondary N) is 2. The van der Waals surface area contributed by atoms with Crippen molar-refractivity contribution in [3.63, 3.8) is 0 Å². The first kappa shape index (κ1) is 16.6. The molecule has 2 rings (SSSR count). The maximum atomic E-state index is 5.86. The van der Waals surface area contributed by atoms with Gasteiger partial charge in [-0.1, -0.05) is 29.8 Å². The van der Waals surface area contributed by atoms with Crippen LogP contribution >= 0.6 is 23.8 Å². The van der Waals surface area contributed by atoms with Gasteiger partial charge in [0.05, 0.1) is 6.10 Å². The van der Waals surface area contributed by atoms with Gasteiger partial charge in [-0.05, 0) is 55.9 Å². The molecular formula is C17H19ClN2OS. The number of thiocarbonyl (C=S) groups is 1. The van der Waals surface area contributed by atoms with E-state index in [1.54, 1.807) is 0 Å². The molecule has 0 bridgehead atoms. The third-order valence-corrected chi connectivity index (χ3v) is 3.33. The van der Waals surface area contributed by atoms with E-state index in [1.165, 1.54) is 0 Å². The third-order valence-electron chi connectivity index (χ3n) is 2.83. The molecule has 116 valence electrons. The van der Waals surface area contributed by atoms with Gasteiger partial charge < -0.3 is 15.4 Å². The largest absolute Gasteiger partial charge is 0.491 e. The molecule has 0 radical (unpaired) electrons. The first-order chi connectivity index (χ1) is 10.5. The van der Waals surface area contributed by atoms with Crippen molar-refractivity contribution in [1.29, 1.82) is 0 Å². The maximum Gasteiger partial charge on any atom is 0.171 e. The molecule has 0 unspecified atom stereocenters. The van der Waals surface area contributed by atoms with Gasteiger partial charge in [0.15, 0.2) is 5.11 Å². The van der Waals surface area contributed by atoms with E-state index in [1.807, 2.05) is 62.4 Å². The number of halogens is 1. The van der Waals surface area contributed by atoms with Gasteiger partial charge in [0.2, 0.25) is 0 Å². The molecular weight excluding hydrogens is 316 g/mol. The lowest BCUT2D eigenvalue weighted by Crippen LogP contribution is -2.27. The molecule has 3 nitrogen and oxygen atoms in total. The second-order valence-electron chi connectivity index (χ2n) is 5.13. The van der Waals surface area contributed by atoms with Crippen LogP contribution in [-0.2, 0) is 6.54 Å². The molecule has 0 amide bonds. The van der Waals surface area contributed by atoms with E-state index in [9.17, 15) is 0 Å². The zero-order valence-electron chi connectivity index (χ0n) is 12.6. The Hall–Kier alpha value is -1.78. The Bertz CT molecular complexity index is 629. The molecule has 2 aromatic rings. The lowest BCUT2D eigenvalue weighted by Gasteiger charge is -2.13. The predicted octanol–water partition coefficient (Wildman–Crippen LogP) is 4.61. The molecule has 0 saturated carbocycles. The van der Waals surface area contributed by atoms with E-state index in [4.69, 9.17) is 28.6 Å². The van der Waals surface area contributed by atoms with E-state index >= 15 is 0 Å². The van der Waals surface area contributed by atoms with Crippen molar-refractivity contribution in [1.82, 2.24) is 5.32 Å². The Kier molecular flexibility index (Phi) is 6.04. The maximum absolute atomic E-state index is 5.86. The molecule has 0 aliphatic carbocycles. The van der Waals surface area contributed by atoms with Crippen LogP contribution < -0.4 is 15.4 Å². The van der Waals surface area contributed by atoms with Crippen LogP contribution in [0.25, 0.3) is 0 Å². The van der Waals surface area contributed by atoms with Crippen molar-refractivity contribution in [2.75, 3.05) is 5.32 Å². The van der Waals surface area contributed by atoms with Gasteiger partial charge in [-0.15, -0.1) is 0 Å². The van der Waals surface area contributed by atoms with Gasteiger partial charge in [-0.2, -0.15) is 0 Å². The summed E-state index contributed by atoms with van der Waals surface area (Å²) >= 11 is 11.2. The fourth-order valence-corrected chi connectivity index (χ4v) is 2.20. The molecule has 0 aliphatic heterocycles. The van der Waals surface area contributed by atoms with Crippen LogP contribution in [0.2, 0.25) is 5.02 Å². The standard InChI is InChI=1S/C17H19ClN2OS/c1-12(2)21-16-5-3-4-15(10-16)20-17(22)19-11-13-6-8-14(18)9-7-13/h3-10,12H,11H2,1-2H3,(H2,19,20,22). The van der Waals surface area contributed by atoms with Gasteiger partial charge in [0.25, 0.3) is 0 Å². The van der Waals surface area contributed by atoms with Crippen molar-refractivity contribution in [3.05, 3.63) is 59.1 Å². The van der Waals surface area contributed by atoms with Crippen LogP contribution in [-0.4, -0.2) is 11.2 Å². The van der Waals surface area contributed by atoms with E-state index in [0.29, 0.717) is 11.7 Å². The second-order valence-corrected chi connectivity index (χ2v) is 5.97. The van der Waals surface area contributed by atoms with Crippen LogP contribution in [0.3, 0.4) is 0 Å². The van der Waals surface area contributed by atoms with Crippen LogP contribution in [0.5, 0.6) is 5.75 Å². The number of anilines is 1. The first-order valence-electron chi connectivity index (χ1n) is 7.09. The van der Waals surface area contributed by atoms with Gasteiger partial charge in [0, 0.05) is 23.3 Å². The Labute approximate surface area is 141 Å². The first-order valence-corrected chi connectivity index (χ1v) is 7.87. The number of rotatable bonds is 5. The lowest BCUT2D eigenvalue weighted by atomic mass is 10.2. The highest BCUT2D eigenvalue weighted by Crippen LogP contribution is 2.18.